The summed E-state index contributed by atoms with van der Waals surface area (Å²) in [6, 6.07) is 41.6. The number of hydrogen-bond donors (Lipinski definition) is 3. The van der Waals surface area contributed by atoms with Crippen LogP contribution in [0.1, 0.15) is 22.8 Å². The number of nitrogens with zero attached hydrogens (tertiary/aromatic N) is 1. The molecule has 50 heavy (non-hydrogen) atoms. The number of halogens is 1. The zero-order valence-corrected chi connectivity index (χ0v) is 30.0. The van der Waals surface area contributed by atoms with Crippen molar-refractivity contribution in [3.63, 3.8) is 0 Å². The van der Waals surface area contributed by atoms with E-state index in [0.717, 1.165) is 37.3 Å². The van der Waals surface area contributed by atoms with Gasteiger partial charge in [-0.15, -0.1) is 23.1 Å². The van der Waals surface area contributed by atoms with Crippen LogP contribution in [0.4, 0.5) is 10.8 Å². The molecule has 0 saturated heterocycles. The molecule has 3 N–H and O–H groups in total. The average Bonchev–Trinajstić information content (AvgIpc) is 3.61. The summed E-state index contributed by atoms with van der Waals surface area (Å²) in [5, 5.41) is 10.6. The van der Waals surface area contributed by atoms with Crippen LogP contribution in [-0.4, -0.2) is 28.0 Å². The summed E-state index contributed by atoms with van der Waals surface area (Å²) in [6.45, 7) is 1.82. The van der Waals surface area contributed by atoms with Gasteiger partial charge in [0.15, 0.2) is 5.13 Å². The summed E-state index contributed by atoms with van der Waals surface area (Å²) in [5.74, 6) is -1.07. The highest BCUT2D eigenvalue weighted by atomic mass is 79.9. The van der Waals surface area contributed by atoms with Crippen LogP contribution in [-0.2, 0) is 9.59 Å². The van der Waals surface area contributed by atoms with Crippen LogP contribution in [0.3, 0.4) is 0 Å². The molecule has 6 aromatic rings. The third-order valence-corrected chi connectivity index (χ3v) is 9.89. The Kier molecular flexibility index (Phi) is 11.3. The van der Waals surface area contributed by atoms with Crippen molar-refractivity contribution in [1.29, 1.82) is 0 Å². The first-order valence-electron chi connectivity index (χ1n) is 15.6. The number of aromatic nitrogens is 1. The molecule has 5 aromatic carbocycles. The van der Waals surface area contributed by atoms with Crippen LogP contribution in [0.5, 0.6) is 0 Å². The van der Waals surface area contributed by atoms with E-state index in [-0.39, 0.29) is 11.6 Å². The first-order valence-corrected chi connectivity index (χ1v) is 18.2. The standard InChI is InChI=1S/C40H31BrN4O3S2/c1-26(37(46)45-40-44-36(25-49-40)30-19-21-32(41)22-20-30)50-34-14-8-13-33(24-34)42-39(48)35(43-38(47)31-11-6-3-7-12-31)23-27-15-17-29(18-16-27)28-9-4-2-5-10-28/h2-26H,1H3,(H,42,48)(H,43,47)(H,44,45,46)/b35-23+. The normalized spacial score (nSPS) is 11.8. The molecule has 1 unspecified atom stereocenters. The van der Waals surface area contributed by atoms with Crippen molar-refractivity contribution in [1.82, 2.24) is 10.3 Å². The lowest BCUT2D eigenvalue weighted by Crippen LogP contribution is -2.30. The third-order valence-electron chi connectivity index (χ3n) is 7.51. The number of thiazole rings is 1. The fourth-order valence-corrected chi connectivity index (χ4v) is 6.82. The van der Waals surface area contributed by atoms with E-state index in [4.69, 9.17) is 0 Å². The molecule has 0 radical (unpaired) electrons. The zero-order valence-electron chi connectivity index (χ0n) is 26.8. The smallest absolute Gasteiger partial charge is 0.272 e. The third kappa shape index (κ3) is 9.23. The van der Waals surface area contributed by atoms with Crippen LogP contribution in [0.15, 0.2) is 154 Å². The second kappa shape index (κ2) is 16.4. The monoisotopic (exact) mass is 758 g/mol. The molecule has 3 amide bonds. The molecular weight excluding hydrogens is 729 g/mol. The number of amides is 3. The molecule has 248 valence electrons. The van der Waals surface area contributed by atoms with Gasteiger partial charge in [0.25, 0.3) is 11.8 Å². The van der Waals surface area contributed by atoms with Crippen molar-refractivity contribution in [3.05, 3.63) is 160 Å². The van der Waals surface area contributed by atoms with E-state index in [1.165, 1.54) is 23.1 Å². The van der Waals surface area contributed by atoms with E-state index in [0.29, 0.717) is 16.4 Å². The summed E-state index contributed by atoms with van der Waals surface area (Å²) in [7, 11) is 0. The van der Waals surface area contributed by atoms with Gasteiger partial charge in [-0.25, -0.2) is 4.98 Å². The molecular formula is C40H31BrN4O3S2. The number of rotatable bonds is 11. The molecule has 0 aliphatic carbocycles. The van der Waals surface area contributed by atoms with Crippen LogP contribution < -0.4 is 16.0 Å². The topological polar surface area (TPSA) is 100 Å². The molecule has 0 aliphatic heterocycles. The Bertz CT molecular complexity index is 2140. The second-order valence-electron chi connectivity index (χ2n) is 11.1. The van der Waals surface area contributed by atoms with Gasteiger partial charge in [-0.1, -0.05) is 107 Å². The molecule has 1 atom stereocenters. The molecule has 0 spiro atoms. The van der Waals surface area contributed by atoms with E-state index in [9.17, 15) is 14.4 Å². The number of hydrogen-bond acceptors (Lipinski definition) is 6. The van der Waals surface area contributed by atoms with E-state index < -0.39 is 17.1 Å². The molecule has 0 aliphatic rings. The van der Waals surface area contributed by atoms with Crippen molar-refractivity contribution >= 4 is 73.6 Å². The van der Waals surface area contributed by atoms with Gasteiger partial charge in [0.2, 0.25) is 5.91 Å². The predicted octanol–water partition coefficient (Wildman–Crippen LogP) is 9.77. The Hall–Kier alpha value is -5.29. The maximum atomic E-state index is 13.7. The maximum Gasteiger partial charge on any atom is 0.272 e. The predicted molar refractivity (Wildman–Crippen MR) is 208 cm³/mol. The average molecular weight is 760 g/mol. The van der Waals surface area contributed by atoms with Crippen molar-refractivity contribution < 1.29 is 14.4 Å². The minimum atomic E-state index is -0.486. The number of benzene rings is 5. The lowest BCUT2D eigenvalue weighted by atomic mass is 10.0. The Balaban J connectivity index is 1.14. The highest BCUT2D eigenvalue weighted by Gasteiger charge is 2.18. The quantitative estimate of drug-likeness (QED) is 0.0903. The largest absolute Gasteiger partial charge is 0.321 e. The van der Waals surface area contributed by atoms with Gasteiger partial charge in [-0.3, -0.25) is 14.4 Å². The summed E-state index contributed by atoms with van der Waals surface area (Å²) in [5.41, 5.74) is 5.65. The zero-order chi connectivity index (χ0) is 34.9. The number of nitrogens with one attached hydrogen (secondary N) is 3. The summed E-state index contributed by atoms with van der Waals surface area (Å²) in [6.07, 6.45) is 1.65. The fraction of sp³-hybridized carbons (Fsp3) is 0.0500. The number of thioether (sulfide) groups is 1. The lowest BCUT2D eigenvalue weighted by Gasteiger charge is -2.14. The second-order valence-corrected chi connectivity index (χ2v) is 14.3. The molecule has 0 fully saturated rings. The molecule has 1 aromatic heterocycles. The molecule has 1 heterocycles. The van der Waals surface area contributed by atoms with Gasteiger partial charge in [-0.05, 0) is 72.2 Å². The van der Waals surface area contributed by atoms with Crippen molar-refractivity contribution in [2.24, 2.45) is 0 Å². The molecule has 6 rings (SSSR count). The molecule has 0 bridgehead atoms. The molecule has 0 saturated carbocycles. The van der Waals surface area contributed by atoms with Gasteiger partial charge in [0.05, 0.1) is 10.9 Å². The Morgan fingerprint density at radius 3 is 2.14 bits per heavy atom. The van der Waals surface area contributed by atoms with E-state index in [1.54, 1.807) is 42.5 Å². The van der Waals surface area contributed by atoms with Gasteiger partial charge >= 0.3 is 0 Å². The summed E-state index contributed by atoms with van der Waals surface area (Å²) in [4.78, 5) is 45.2. The Labute approximate surface area is 307 Å². The highest BCUT2D eigenvalue weighted by molar-refractivity contribution is 9.10. The lowest BCUT2D eigenvalue weighted by molar-refractivity contribution is -0.115. The highest BCUT2D eigenvalue weighted by Crippen LogP contribution is 2.29. The minimum absolute atomic E-state index is 0.0862. The Morgan fingerprint density at radius 2 is 1.42 bits per heavy atom. The fourth-order valence-electron chi connectivity index (χ4n) is 4.91. The molecule has 10 heteroatoms. The van der Waals surface area contributed by atoms with Gasteiger partial charge in [0, 0.05) is 31.6 Å². The number of anilines is 2. The number of carbonyl (C=O) groups is 3. The Morgan fingerprint density at radius 1 is 0.760 bits per heavy atom. The van der Waals surface area contributed by atoms with Crippen LogP contribution in [0, 0.1) is 0 Å². The van der Waals surface area contributed by atoms with Gasteiger partial charge < -0.3 is 16.0 Å². The van der Waals surface area contributed by atoms with E-state index in [2.05, 4.69) is 36.9 Å². The van der Waals surface area contributed by atoms with E-state index in [1.807, 2.05) is 109 Å². The first kappa shape index (κ1) is 34.6. The van der Waals surface area contributed by atoms with E-state index >= 15 is 0 Å². The first-order chi connectivity index (χ1) is 24.3. The minimum Gasteiger partial charge on any atom is -0.321 e. The van der Waals surface area contributed by atoms with Crippen LogP contribution >= 0.6 is 39.0 Å². The van der Waals surface area contributed by atoms with Crippen LogP contribution in [0.2, 0.25) is 0 Å². The van der Waals surface area contributed by atoms with Crippen molar-refractivity contribution in [2.45, 2.75) is 17.1 Å². The van der Waals surface area contributed by atoms with Crippen molar-refractivity contribution in [2.75, 3.05) is 10.6 Å². The molecule has 7 nitrogen and oxygen atoms in total. The van der Waals surface area contributed by atoms with Crippen molar-refractivity contribution in [3.8, 4) is 22.4 Å². The summed E-state index contributed by atoms with van der Waals surface area (Å²) < 4.78 is 0.983. The van der Waals surface area contributed by atoms with Gasteiger partial charge in [0.1, 0.15) is 5.70 Å². The maximum absolute atomic E-state index is 13.7. The van der Waals surface area contributed by atoms with Crippen LogP contribution in [0.25, 0.3) is 28.5 Å². The SMILES string of the molecule is CC(Sc1cccc(NC(=O)/C(=C\c2ccc(-c3ccccc3)cc2)NC(=O)c2ccccc2)c1)C(=O)Nc1nc(-c2ccc(Br)cc2)cs1. The summed E-state index contributed by atoms with van der Waals surface area (Å²) >= 11 is 6.17. The van der Waals surface area contributed by atoms with Gasteiger partial charge in [-0.2, -0.15) is 0 Å². The number of carbonyl (C=O) groups excluding carboxylic acids is 3.